The molecule has 0 bridgehead atoms. The van der Waals surface area contributed by atoms with E-state index in [1.165, 1.54) is 6.42 Å². The lowest BCUT2D eigenvalue weighted by atomic mass is 10.2. The molecule has 26 heavy (non-hydrogen) atoms. The molecule has 2 atom stereocenters. The molecule has 1 fully saturated rings. The summed E-state index contributed by atoms with van der Waals surface area (Å²) in [5, 5.41) is 0. The van der Waals surface area contributed by atoms with Crippen molar-refractivity contribution < 1.29 is 23.5 Å². The summed E-state index contributed by atoms with van der Waals surface area (Å²) in [6.07, 6.45) is 1.89. The predicted octanol–water partition coefficient (Wildman–Crippen LogP) is 2.53. The third-order valence-corrected chi connectivity index (χ3v) is 4.71. The summed E-state index contributed by atoms with van der Waals surface area (Å²) < 4.78 is 16.2. The maximum absolute atomic E-state index is 12.1. The molecule has 1 saturated carbocycles. The Morgan fingerprint density at radius 1 is 1.12 bits per heavy atom. The van der Waals surface area contributed by atoms with Gasteiger partial charge in [0.1, 0.15) is 11.5 Å². The third kappa shape index (κ3) is 3.51. The Morgan fingerprint density at radius 3 is 2.73 bits per heavy atom. The van der Waals surface area contributed by atoms with Crippen LogP contribution in [0, 0.1) is 5.92 Å². The van der Waals surface area contributed by atoms with Crippen LogP contribution in [-0.2, 0) is 11.2 Å². The molecule has 4 rings (SSSR count). The average Bonchev–Trinajstić information content (AvgIpc) is 3.06. The Hall–Kier alpha value is -2.96. The van der Waals surface area contributed by atoms with Crippen molar-refractivity contribution in [2.24, 2.45) is 5.92 Å². The smallest absolute Gasteiger partial charge is 0.269 e. The van der Waals surface area contributed by atoms with E-state index in [1.54, 1.807) is 18.2 Å². The Balaban J connectivity index is 1.23. The van der Waals surface area contributed by atoms with E-state index in [0.29, 0.717) is 35.3 Å². The van der Waals surface area contributed by atoms with Gasteiger partial charge in [0.05, 0.1) is 0 Å². The second-order valence-corrected chi connectivity index (χ2v) is 6.69. The average molecular weight is 356 g/mol. The minimum Gasteiger partial charge on any atom is -0.466 e. The molecule has 2 N–H and O–H groups in total. The number of fused-ring (bicyclic) bond motifs is 1. The van der Waals surface area contributed by atoms with Crippen LogP contribution >= 0.6 is 0 Å². The molecule has 7 nitrogen and oxygen atoms in total. The van der Waals surface area contributed by atoms with E-state index in [2.05, 4.69) is 17.8 Å². The number of hydrazine groups is 1. The molecule has 0 spiro atoms. The van der Waals surface area contributed by atoms with Crippen molar-refractivity contribution in [1.29, 1.82) is 0 Å². The zero-order chi connectivity index (χ0) is 18.1. The van der Waals surface area contributed by atoms with Crippen molar-refractivity contribution in [1.82, 2.24) is 10.9 Å². The normalized spacial score (nSPS) is 19.9. The number of rotatable bonds is 5. The summed E-state index contributed by atoms with van der Waals surface area (Å²) in [6, 6.07) is 8.75. The number of carbonyl (C=O) groups is 2. The van der Waals surface area contributed by atoms with Crippen molar-refractivity contribution in [3.8, 4) is 11.5 Å². The van der Waals surface area contributed by atoms with Gasteiger partial charge in [-0.15, -0.1) is 0 Å². The van der Waals surface area contributed by atoms with Gasteiger partial charge < -0.3 is 13.9 Å². The summed E-state index contributed by atoms with van der Waals surface area (Å²) in [7, 11) is 0. The zero-order valence-electron chi connectivity index (χ0n) is 14.4. The van der Waals surface area contributed by atoms with E-state index in [9.17, 15) is 9.59 Å². The van der Waals surface area contributed by atoms with E-state index in [-0.39, 0.29) is 19.1 Å². The molecule has 1 aliphatic heterocycles. The van der Waals surface area contributed by atoms with E-state index in [1.807, 2.05) is 12.1 Å². The SMILES string of the molecule is CC1CC1c1ccc(CCC(=O)NNC(=O)c2ccc3c(c2)OCO3)o1. The number of amides is 2. The molecule has 136 valence electrons. The van der Waals surface area contributed by atoms with Crippen LogP contribution in [0.5, 0.6) is 11.5 Å². The highest BCUT2D eigenvalue weighted by molar-refractivity contribution is 5.96. The standard InChI is InChI=1S/C19H20N2O5/c1-11-8-14(11)15-6-3-13(26-15)4-7-18(22)20-21-19(23)12-2-5-16-17(9-12)25-10-24-16/h2-3,5-6,9,11,14H,4,7-8,10H2,1H3,(H,20,22)(H,21,23). The summed E-state index contributed by atoms with van der Waals surface area (Å²) in [6.45, 7) is 2.34. The van der Waals surface area contributed by atoms with Gasteiger partial charge in [-0.1, -0.05) is 6.92 Å². The molecule has 1 aliphatic carbocycles. The van der Waals surface area contributed by atoms with Crippen molar-refractivity contribution in [3.05, 3.63) is 47.4 Å². The maximum atomic E-state index is 12.1. The molecular formula is C19H20N2O5. The number of benzene rings is 1. The minimum atomic E-state index is -0.417. The minimum absolute atomic E-state index is 0.144. The Bertz CT molecular complexity index is 844. The van der Waals surface area contributed by atoms with Gasteiger partial charge in [0.15, 0.2) is 11.5 Å². The van der Waals surface area contributed by atoms with Crippen molar-refractivity contribution in [2.45, 2.75) is 32.1 Å². The molecule has 0 saturated heterocycles. The summed E-state index contributed by atoms with van der Waals surface area (Å²) >= 11 is 0. The molecule has 2 unspecified atom stereocenters. The zero-order valence-corrected chi connectivity index (χ0v) is 14.4. The van der Waals surface area contributed by atoms with Crippen LogP contribution in [0.2, 0.25) is 0 Å². The van der Waals surface area contributed by atoms with Crippen LogP contribution in [0.1, 0.15) is 47.6 Å². The first kappa shape index (κ1) is 16.5. The number of carbonyl (C=O) groups excluding carboxylic acids is 2. The molecule has 2 aliphatic rings. The van der Waals surface area contributed by atoms with Gasteiger partial charge in [-0.05, 0) is 42.7 Å². The number of nitrogens with one attached hydrogen (secondary N) is 2. The highest BCUT2D eigenvalue weighted by atomic mass is 16.7. The largest absolute Gasteiger partial charge is 0.466 e. The first-order valence-electron chi connectivity index (χ1n) is 8.67. The fourth-order valence-electron chi connectivity index (χ4n) is 2.98. The first-order valence-corrected chi connectivity index (χ1v) is 8.67. The van der Waals surface area contributed by atoms with Crippen LogP contribution in [0.15, 0.2) is 34.7 Å². The lowest BCUT2D eigenvalue weighted by Gasteiger charge is -2.07. The van der Waals surface area contributed by atoms with E-state index in [0.717, 1.165) is 11.5 Å². The van der Waals surface area contributed by atoms with Gasteiger partial charge >= 0.3 is 0 Å². The van der Waals surface area contributed by atoms with Crippen LogP contribution < -0.4 is 20.3 Å². The predicted molar refractivity (Wildman–Crippen MR) is 91.7 cm³/mol. The van der Waals surface area contributed by atoms with E-state index >= 15 is 0 Å². The molecule has 1 aromatic carbocycles. The van der Waals surface area contributed by atoms with Crippen molar-refractivity contribution >= 4 is 11.8 Å². The highest BCUT2D eigenvalue weighted by Crippen LogP contribution is 2.47. The fourth-order valence-corrected chi connectivity index (χ4v) is 2.98. The van der Waals surface area contributed by atoms with Gasteiger partial charge in [0, 0.05) is 24.3 Å². The van der Waals surface area contributed by atoms with Crippen molar-refractivity contribution in [3.63, 3.8) is 0 Å². The molecule has 0 radical (unpaired) electrons. The lowest BCUT2D eigenvalue weighted by molar-refractivity contribution is -0.121. The fraction of sp³-hybridized carbons (Fsp3) is 0.368. The Morgan fingerprint density at radius 2 is 1.92 bits per heavy atom. The molecule has 1 aromatic heterocycles. The topological polar surface area (TPSA) is 89.8 Å². The number of hydrogen-bond donors (Lipinski definition) is 2. The number of ether oxygens (including phenoxy) is 2. The van der Waals surface area contributed by atoms with Crippen LogP contribution in [0.3, 0.4) is 0 Å². The van der Waals surface area contributed by atoms with Gasteiger partial charge in [-0.3, -0.25) is 20.4 Å². The maximum Gasteiger partial charge on any atom is 0.269 e. The number of hydrogen-bond acceptors (Lipinski definition) is 5. The number of furan rings is 1. The second-order valence-electron chi connectivity index (χ2n) is 6.69. The van der Waals surface area contributed by atoms with Crippen LogP contribution in [-0.4, -0.2) is 18.6 Å². The summed E-state index contributed by atoms with van der Waals surface area (Å²) in [4.78, 5) is 24.0. The van der Waals surface area contributed by atoms with Gasteiger partial charge in [0.2, 0.25) is 12.7 Å². The summed E-state index contributed by atoms with van der Waals surface area (Å²) in [5.74, 6) is 3.42. The first-order chi connectivity index (χ1) is 12.6. The highest BCUT2D eigenvalue weighted by Gasteiger charge is 2.36. The third-order valence-electron chi connectivity index (χ3n) is 4.71. The molecular weight excluding hydrogens is 336 g/mol. The molecule has 2 heterocycles. The van der Waals surface area contributed by atoms with Gasteiger partial charge in [-0.2, -0.15) is 0 Å². The van der Waals surface area contributed by atoms with E-state index in [4.69, 9.17) is 13.9 Å². The monoisotopic (exact) mass is 356 g/mol. The summed E-state index contributed by atoms with van der Waals surface area (Å²) in [5.41, 5.74) is 5.19. The van der Waals surface area contributed by atoms with Gasteiger partial charge in [-0.25, -0.2) is 0 Å². The second kappa shape index (κ2) is 6.74. The van der Waals surface area contributed by atoms with Crippen LogP contribution in [0.25, 0.3) is 0 Å². The molecule has 2 aromatic rings. The van der Waals surface area contributed by atoms with Gasteiger partial charge in [0.25, 0.3) is 5.91 Å². The quantitative estimate of drug-likeness (QED) is 0.804. The Kier molecular flexibility index (Phi) is 4.28. The molecule has 2 amide bonds. The van der Waals surface area contributed by atoms with Crippen molar-refractivity contribution in [2.75, 3.05) is 6.79 Å². The number of aryl methyl sites for hydroxylation is 1. The van der Waals surface area contributed by atoms with E-state index < -0.39 is 5.91 Å². The lowest BCUT2D eigenvalue weighted by Crippen LogP contribution is -2.41. The Labute approximate surface area is 150 Å². The molecule has 7 heteroatoms. The van der Waals surface area contributed by atoms with Crippen LogP contribution in [0.4, 0.5) is 0 Å².